The largest absolute Gasteiger partial charge is 0.399 e. The summed E-state index contributed by atoms with van der Waals surface area (Å²) in [5.41, 5.74) is 10.8. The van der Waals surface area contributed by atoms with Crippen molar-refractivity contribution in [3.63, 3.8) is 0 Å². The molecule has 0 atom stereocenters. The molecule has 4 nitrogen and oxygen atoms in total. The quantitative estimate of drug-likeness (QED) is 0.787. The van der Waals surface area contributed by atoms with Crippen molar-refractivity contribution in [3.8, 4) is 6.07 Å². The lowest BCUT2D eigenvalue weighted by Gasteiger charge is -2.30. The maximum Gasteiger partial charge on any atom is 0.140 e. The van der Waals surface area contributed by atoms with Gasteiger partial charge in [-0.1, -0.05) is 6.07 Å². The number of nitrogens with two attached hydrogens (primary N) is 1. The number of hydrogen-bond acceptors (Lipinski definition) is 4. The fraction of sp³-hybridized carbons (Fsp3) is 0.200. The summed E-state index contributed by atoms with van der Waals surface area (Å²) in [4.78, 5) is 6.38. The van der Waals surface area contributed by atoms with Crippen LogP contribution in [0, 0.1) is 11.3 Å². The molecule has 1 aromatic heterocycles. The first-order chi connectivity index (χ1) is 9.26. The average Bonchev–Trinajstić information content (AvgIpc) is 2.46. The summed E-state index contributed by atoms with van der Waals surface area (Å²) in [7, 11) is 0. The maximum absolute atomic E-state index is 8.76. The zero-order chi connectivity index (χ0) is 13.2. The molecule has 1 aliphatic heterocycles. The van der Waals surface area contributed by atoms with Crippen LogP contribution in [-0.4, -0.2) is 11.5 Å². The summed E-state index contributed by atoms with van der Waals surface area (Å²) < 4.78 is 0. The molecule has 0 spiro atoms. The second-order valence-corrected chi connectivity index (χ2v) is 4.71. The van der Waals surface area contributed by atoms with Crippen LogP contribution in [0.15, 0.2) is 36.5 Å². The predicted octanol–water partition coefficient (Wildman–Crippen LogP) is 2.10. The van der Waals surface area contributed by atoms with Crippen LogP contribution in [0.3, 0.4) is 0 Å². The van der Waals surface area contributed by atoms with Gasteiger partial charge in [0.2, 0.25) is 0 Å². The third-order valence-corrected chi connectivity index (χ3v) is 3.47. The number of benzene rings is 1. The van der Waals surface area contributed by atoms with Crippen LogP contribution in [-0.2, 0) is 13.0 Å². The molecule has 94 valence electrons. The van der Waals surface area contributed by atoms with Gasteiger partial charge in [0.1, 0.15) is 11.8 Å². The highest BCUT2D eigenvalue weighted by atomic mass is 15.1. The van der Waals surface area contributed by atoms with E-state index in [4.69, 9.17) is 11.0 Å². The van der Waals surface area contributed by atoms with Crippen molar-refractivity contribution >= 4 is 11.4 Å². The number of pyridine rings is 1. The second-order valence-electron chi connectivity index (χ2n) is 4.71. The fourth-order valence-corrected chi connectivity index (χ4v) is 2.44. The molecule has 19 heavy (non-hydrogen) atoms. The molecule has 0 saturated heterocycles. The first-order valence-electron chi connectivity index (χ1n) is 6.24. The van der Waals surface area contributed by atoms with Gasteiger partial charge in [-0.2, -0.15) is 5.26 Å². The number of anilines is 2. The van der Waals surface area contributed by atoms with Crippen molar-refractivity contribution in [2.24, 2.45) is 0 Å². The summed E-state index contributed by atoms with van der Waals surface area (Å²) in [6, 6.07) is 11.8. The lowest BCUT2D eigenvalue weighted by molar-refractivity contribution is 0.730. The molecule has 0 amide bonds. The average molecular weight is 250 g/mol. The molecule has 4 heteroatoms. The van der Waals surface area contributed by atoms with E-state index in [1.807, 2.05) is 24.3 Å². The number of nitrogen functional groups attached to an aromatic ring is 1. The van der Waals surface area contributed by atoms with Gasteiger partial charge in [0.25, 0.3) is 0 Å². The molecule has 0 aliphatic carbocycles. The third-order valence-electron chi connectivity index (χ3n) is 3.47. The monoisotopic (exact) mass is 250 g/mol. The van der Waals surface area contributed by atoms with Gasteiger partial charge in [-0.05, 0) is 41.8 Å². The summed E-state index contributed by atoms with van der Waals surface area (Å²) in [5, 5.41) is 8.76. The molecule has 0 unspecified atom stereocenters. The normalized spacial score (nSPS) is 13.7. The van der Waals surface area contributed by atoms with Crippen LogP contribution < -0.4 is 10.6 Å². The molecule has 2 aromatic rings. The van der Waals surface area contributed by atoms with E-state index in [1.54, 1.807) is 12.3 Å². The van der Waals surface area contributed by atoms with E-state index in [9.17, 15) is 0 Å². The topological polar surface area (TPSA) is 65.9 Å². The van der Waals surface area contributed by atoms with Crippen LogP contribution in [0.1, 0.15) is 16.8 Å². The van der Waals surface area contributed by atoms with Gasteiger partial charge in [0.05, 0.1) is 11.9 Å². The summed E-state index contributed by atoms with van der Waals surface area (Å²) in [6.45, 7) is 1.80. The van der Waals surface area contributed by atoms with Gasteiger partial charge in [0.15, 0.2) is 0 Å². The van der Waals surface area contributed by atoms with Gasteiger partial charge >= 0.3 is 0 Å². The van der Waals surface area contributed by atoms with E-state index in [0.29, 0.717) is 5.69 Å². The molecular weight excluding hydrogens is 236 g/mol. The lowest BCUT2D eigenvalue weighted by Crippen LogP contribution is -2.30. The first-order valence-corrected chi connectivity index (χ1v) is 6.24. The van der Waals surface area contributed by atoms with Gasteiger partial charge in [-0.15, -0.1) is 0 Å². The van der Waals surface area contributed by atoms with Crippen molar-refractivity contribution in [2.75, 3.05) is 17.2 Å². The predicted molar refractivity (Wildman–Crippen MR) is 74.6 cm³/mol. The molecule has 3 rings (SSSR count). The minimum atomic E-state index is 0.449. The summed E-state index contributed by atoms with van der Waals surface area (Å²) >= 11 is 0. The van der Waals surface area contributed by atoms with Gasteiger partial charge in [-0.25, -0.2) is 4.98 Å². The second kappa shape index (κ2) is 4.62. The Morgan fingerprint density at radius 1 is 1.21 bits per heavy atom. The Morgan fingerprint density at radius 2 is 2.11 bits per heavy atom. The molecule has 2 N–H and O–H groups in total. The number of nitriles is 1. The Morgan fingerprint density at radius 3 is 2.84 bits per heavy atom. The van der Waals surface area contributed by atoms with Crippen LogP contribution in [0.25, 0.3) is 0 Å². The van der Waals surface area contributed by atoms with Gasteiger partial charge in [0, 0.05) is 18.8 Å². The maximum atomic E-state index is 8.76. The smallest absolute Gasteiger partial charge is 0.140 e. The van der Waals surface area contributed by atoms with Gasteiger partial charge in [-0.3, -0.25) is 0 Å². The SMILES string of the molecule is N#Cc1ccc(N2CCc3ccc(N)cc3C2)cn1. The molecule has 0 saturated carbocycles. The number of rotatable bonds is 1. The van der Waals surface area contributed by atoms with E-state index < -0.39 is 0 Å². The van der Waals surface area contributed by atoms with Crippen molar-refractivity contribution < 1.29 is 0 Å². The standard InChI is InChI=1S/C15H14N4/c16-8-14-3-4-15(9-18-14)19-6-5-11-1-2-13(17)7-12(11)10-19/h1-4,7,9H,5-6,10,17H2. The number of hydrogen-bond donors (Lipinski definition) is 1. The number of fused-ring (bicyclic) bond motifs is 1. The van der Waals surface area contributed by atoms with E-state index in [-0.39, 0.29) is 0 Å². The van der Waals surface area contributed by atoms with E-state index >= 15 is 0 Å². The molecular formula is C15H14N4. The molecule has 0 radical (unpaired) electrons. The number of nitrogens with zero attached hydrogens (tertiary/aromatic N) is 3. The highest BCUT2D eigenvalue weighted by Gasteiger charge is 2.16. The Hall–Kier alpha value is -2.54. The fourth-order valence-electron chi connectivity index (χ4n) is 2.44. The van der Waals surface area contributed by atoms with E-state index in [1.165, 1.54) is 11.1 Å². The highest BCUT2D eigenvalue weighted by molar-refractivity contribution is 5.52. The molecule has 2 heterocycles. The van der Waals surface area contributed by atoms with Gasteiger partial charge < -0.3 is 10.6 Å². The minimum absolute atomic E-state index is 0.449. The van der Waals surface area contributed by atoms with E-state index in [2.05, 4.69) is 16.0 Å². The molecule has 0 bridgehead atoms. The molecule has 1 aromatic carbocycles. The first kappa shape index (κ1) is 11.5. The Kier molecular flexibility index (Phi) is 2.81. The highest BCUT2D eigenvalue weighted by Crippen LogP contribution is 2.25. The van der Waals surface area contributed by atoms with Crippen LogP contribution in [0.2, 0.25) is 0 Å². The summed E-state index contributed by atoms with van der Waals surface area (Å²) in [5.74, 6) is 0. The van der Waals surface area contributed by atoms with Crippen molar-refractivity contribution in [2.45, 2.75) is 13.0 Å². The van der Waals surface area contributed by atoms with Crippen LogP contribution >= 0.6 is 0 Å². The van der Waals surface area contributed by atoms with Crippen LogP contribution in [0.5, 0.6) is 0 Å². The lowest BCUT2D eigenvalue weighted by atomic mass is 9.99. The zero-order valence-corrected chi connectivity index (χ0v) is 10.5. The van der Waals surface area contributed by atoms with Crippen molar-refractivity contribution in [1.82, 2.24) is 4.98 Å². The summed E-state index contributed by atoms with van der Waals surface area (Å²) in [6.07, 6.45) is 2.77. The van der Waals surface area contributed by atoms with Crippen molar-refractivity contribution in [3.05, 3.63) is 53.3 Å². The molecule has 1 aliphatic rings. The van der Waals surface area contributed by atoms with Crippen molar-refractivity contribution in [1.29, 1.82) is 5.26 Å². The number of aromatic nitrogens is 1. The van der Waals surface area contributed by atoms with Crippen LogP contribution in [0.4, 0.5) is 11.4 Å². The Labute approximate surface area is 112 Å². The molecule has 0 fully saturated rings. The third kappa shape index (κ3) is 2.23. The van der Waals surface area contributed by atoms with E-state index in [0.717, 1.165) is 30.9 Å². The minimum Gasteiger partial charge on any atom is -0.399 e. The Bertz CT molecular complexity index is 640. The zero-order valence-electron chi connectivity index (χ0n) is 10.5. The Balaban J connectivity index is 1.86.